The van der Waals surface area contributed by atoms with Crippen molar-refractivity contribution in [2.24, 2.45) is 0 Å². The molecule has 0 bridgehead atoms. The van der Waals surface area contributed by atoms with Crippen LogP contribution in [0.25, 0.3) is 11.1 Å². The van der Waals surface area contributed by atoms with Gasteiger partial charge in [0.05, 0.1) is 23.7 Å². The van der Waals surface area contributed by atoms with Crippen LogP contribution in [0.15, 0.2) is 103 Å². The van der Waals surface area contributed by atoms with Crippen molar-refractivity contribution in [2.75, 3.05) is 13.7 Å². The molecule has 7 rings (SSSR count). The van der Waals surface area contributed by atoms with Gasteiger partial charge in [-0.1, -0.05) is 77.8 Å². The number of benzene rings is 5. The molecule has 0 saturated heterocycles. The average Bonchev–Trinajstić information content (AvgIpc) is 3.22. The van der Waals surface area contributed by atoms with Crippen LogP contribution < -0.4 is 19.5 Å². The molecule has 0 radical (unpaired) electrons. The number of carbonyl (C=O) groups is 3. The van der Waals surface area contributed by atoms with Crippen LogP contribution in [0.4, 0.5) is 9.18 Å². The van der Waals surface area contributed by atoms with E-state index in [4.69, 9.17) is 46.9 Å². The first-order valence-electron chi connectivity index (χ1n) is 19.1. The molecule has 0 aliphatic carbocycles. The van der Waals surface area contributed by atoms with E-state index in [-0.39, 0.29) is 31.8 Å². The zero-order valence-electron chi connectivity index (χ0n) is 32.9. The summed E-state index contributed by atoms with van der Waals surface area (Å²) in [5, 5.41) is 3.79. The molecule has 0 fully saturated rings. The van der Waals surface area contributed by atoms with Crippen LogP contribution >= 0.6 is 23.2 Å². The summed E-state index contributed by atoms with van der Waals surface area (Å²) in [7, 11) is 1.25. The molecule has 1 N–H and O–H groups in total. The summed E-state index contributed by atoms with van der Waals surface area (Å²) >= 11 is 12.2. The van der Waals surface area contributed by atoms with Gasteiger partial charge in [0.25, 0.3) is 0 Å². The number of esters is 1. The van der Waals surface area contributed by atoms with Gasteiger partial charge in [-0.25, -0.2) is 14.0 Å². The molecule has 10 nitrogen and oxygen atoms in total. The lowest BCUT2D eigenvalue weighted by atomic mass is 9.92. The van der Waals surface area contributed by atoms with Crippen LogP contribution in [0, 0.1) is 5.82 Å². The monoisotopic (exact) mass is 840 g/mol. The summed E-state index contributed by atoms with van der Waals surface area (Å²) in [6.07, 6.45) is -0.831. The Morgan fingerprint density at radius 1 is 0.847 bits per heavy atom. The molecule has 2 aliphatic heterocycles. The zero-order chi connectivity index (χ0) is 41.8. The number of carbonyl (C=O) groups excluding carboxylic acids is 3. The minimum absolute atomic E-state index is 0.0439. The number of halogens is 3. The van der Waals surface area contributed by atoms with Gasteiger partial charge in [0.15, 0.2) is 17.6 Å². The Hall–Kier alpha value is -5.78. The second-order valence-electron chi connectivity index (χ2n) is 15.4. The lowest BCUT2D eigenvalue weighted by Crippen LogP contribution is -2.56. The third-order valence-electron chi connectivity index (χ3n) is 10.0. The molecular weight excluding hydrogens is 798 g/mol. The standard InChI is InChI=1S/C46H43Cl2FN2O8/c1-46(2,3)59-45(54)51-24-33-23-41-40(57-26-42(58-41)31-12-16-35(17-13-31)56-25-28-7-18-36(47)37(48)19-28)22-32(33)21-39(51)43(52)50-38(44(53)55-4)20-27-5-8-29(9-6-27)30-10-14-34(49)15-11-30/h5-19,22-23,38-39,42H,20-21,24-26H2,1-4H3,(H,50,52)/t38-,39?,42?/m0/s1. The molecule has 2 aliphatic rings. The minimum Gasteiger partial charge on any atom is -0.489 e. The Morgan fingerprint density at radius 3 is 2.17 bits per heavy atom. The van der Waals surface area contributed by atoms with E-state index in [1.54, 1.807) is 45.0 Å². The second-order valence-corrected chi connectivity index (χ2v) is 16.2. The van der Waals surface area contributed by atoms with Gasteiger partial charge in [0.2, 0.25) is 5.91 Å². The van der Waals surface area contributed by atoms with Crippen molar-refractivity contribution in [2.45, 2.75) is 70.6 Å². The molecule has 2 amide bonds. The van der Waals surface area contributed by atoms with Crippen molar-refractivity contribution >= 4 is 41.2 Å². The first kappa shape index (κ1) is 41.4. The Labute approximate surface area is 352 Å². The van der Waals surface area contributed by atoms with Gasteiger partial charge in [-0.05, 0) is 108 Å². The molecule has 59 heavy (non-hydrogen) atoms. The van der Waals surface area contributed by atoms with E-state index in [9.17, 15) is 18.8 Å². The van der Waals surface area contributed by atoms with Crippen molar-refractivity contribution in [1.82, 2.24) is 10.2 Å². The fourth-order valence-electron chi connectivity index (χ4n) is 6.95. The van der Waals surface area contributed by atoms with Crippen LogP contribution in [-0.2, 0) is 45.1 Å². The predicted octanol–water partition coefficient (Wildman–Crippen LogP) is 9.45. The summed E-state index contributed by atoms with van der Waals surface area (Å²) in [4.78, 5) is 42.3. The highest BCUT2D eigenvalue weighted by Gasteiger charge is 2.40. The maximum absolute atomic E-state index is 14.2. The van der Waals surface area contributed by atoms with E-state index in [1.807, 2.05) is 66.7 Å². The Balaban J connectivity index is 1.06. The van der Waals surface area contributed by atoms with Gasteiger partial charge in [0.1, 0.15) is 42.5 Å². The third-order valence-corrected chi connectivity index (χ3v) is 10.7. The Bertz CT molecular complexity index is 2330. The van der Waals surface area contributed by atoms with Crippen LogP contribution in [0.3, 0.4) is 0 Å². The van der Waals surface area contributed by atoms with E-state index < -0.39 is 41.8 Å². The van der Waals surface area contributed by atoms with Gasteiger partial charge in [-0.15, -0.1) is 0 Å². The topological polar surface area (TPSA) is 113 Å². The molecule has 0 saturated carbocycles. The number of hydrogen-bond acceptors (Lipinski definition) is 8. The number of rotatable bonds is 10. The fourth-order valence-corrected chi connectivity index (χ4v) is 7.27. The molecule has 2 unspecified atom stereocenters. The SMILES string of the molecule is COC(=O)[C@H](Cc1ccc(-c2ccc(F)cc2)cc1)NC(=O)C1Cc2cc3c(cc2CN1C(=O)OC(C)(C)C)OC(c1ccc(OCc2ccc(Cl)c(Cl)c2)cc1)CO3. The summed E-state index contributed by atoms with van der Waals surface area (Å²) in [5.74, 6) is 0.181. The molecule has 13 heteroatoms. The highest BCUT2D eigenvalue weighted by Crippen LogP contribution is 2.41. The predicted molar refractivity (Wildman–Crippen MR) is 221 cm³/mol. The summed E-state index contributed by atoms with van der Waals surface area (Å²) in [5.41, 5.74) is 4.95. The van der Waals surface area contributed by atoms with Gasteiger partial charge in [-0.2, -0.15) is 0 Å². The molecule has 0 aromatic heterocycles. The van der Waals surface area contributed by atoms with Crippen molar-refractivity contribution in [1.29, 1.82) is 0 Å². The van der Waals surface area contributed by atoms with Crippen molar-refractivity contribution in [3.05, 3.63) is 147 Å². The molecule has 2 heterocycles. The third kappa shape index (κ3) is 10.1. The first-order chi connectivity index (χ1) is 28.2. The van der Waals surface area contributed by atoms with Crippen LogP contribution in [0.1, 0.15) is 54.7 Å². The maximum Gasteiger partial charge on any atom is 0.411 e. The van der Waals surface area contributed by atoms with Crippen molar-refractivity contribution in [3.8, 4) is 28.4 Å². The van der Waals surface area contributed by atoms with Crippen LogP contribution in [0.5, 0.6) is 17.2 Å². The van der Waals surface area contributed by atoms with Gasteiger partial charge >= 0.3 is 12.1 Å². The normalized spacial score (nSPS) is 16.4. The fraction of sp³-hybridized carbons (Fsp3) is 0.283. The Kier molecular flexibility index (Phi) is 12.3. The molecule has 5 aromatic carbocycles. The Morgan fingerprint density at radius 2 is 1.51 bits per heavy atom. The molecular formula is C46H43Cl2FN2O8. The number of fused-ring (bicyclic) bond motifs is 2. The first-order valence-corrected chi connectivity index (χ1v) is 19.8. The van der Waals surface area contributed by atoms with Crippen molar-refractivity contribution < 1.29 is 42.5 Å². The van der Waals surface area contributed by atoms with E-state index in [2.05, 4.69) is 5.32 Å². The van der Waals surface area contributed by atoms with E-state index in [0.717, 1.165) is 38.9 Å². The molecule has 3 atom stereocenters. The number of methoxy groups -OCH3 is 1. The maximum atomic E-state index is 14.2. The molecule has 5 aromatic rings. The smallest absolute Gasteiger partial charge is 0.411 e. The van der Waals surface area contributed by atoms with Crippen LogP contribution in [-0.4, -0.2) is 54.3 Å². The van der Waals surface area contributed by atoms with Crippen molar-refractivity contribution in [3.63, 3.8) is 0 Å². The number of nitrogens with zero attached hydrogens (tertiary/aromatic N) is 1. The van der Waals surface area contributed by atoms with Gasteiger partial charge in [0, 0.05) is 12.8 Å². The van der Waals surface area contributed by atoms with Gasteiger partial charge < -0.3 is 29.0 Å². The summed E-state index contributed by atoms with van der Waals surface area (Å²) in [6.45, 7) is 5.87. The highest BCUT2D eigenvalue weighted by atomic mass is 35.5. The highest BCUT2D eigenvalue weighted by molar-refractivity contribution is 6.42. The number of nitrogens with one attached hydrogen (secondary N) is 1. The largest absolute Gasteiger partial charge is 0.489 e. The lowest BCUT2D eigenvalue weighted by Gasteiger charge is -2.38. The number of ether oxygens (including phenoxy) is 5. The van der Waals surface area contributed by atoms with E-state index >= 15 is 0 Å². The number of hydrogen-bond donors (Lipinski definition) is 1. The average molecular weight is 842 g/mol. The zero-order valence-corrected chi connectivity index (χ0v) is 34.4. The van der Waals surface area contributed by atoms with E-state index in [1.165, 1.54) is 24.1 Å². The van der Waals surface area contributed by atoms with Gasteiger partial charge in [-0.3, -0.25) is 9.69 Å². The van der Waals surface area contributed by atoms with E-state index in [0.29, 0.717) is 33.9 Å². The molecule has 0 spiro atoms. The van der Waals surface area contributed by atoms with Crippen LogP contribution in [0.2, 0.25) is 10.0 Å². The summed E-state index contributed by atoms with van der Waals surface area (Å²) < 4.78 is 42.9. The quantitative estimate of drug-likeness (QED) is 0.139. The number of amides is 2. The molecule has 306 valence electrons. The minimum atomic E-state index is -1.05. The second kappa shape index (κ2) is 17.6. The lowest BCUT2D eigenvalue weighted by molar-refractivity contribution is -0.145. The summed E-state index contributed by atoms with van der Waals surface area (Å²) in [6, 6.07) is 28.1.